The molecule has 1 atom stereocenters. The zero-order chi connectivity index (χ0) is 15.2. The largest absolute Gasteiger partial charge is 0.0755 e. The number of rotatable bonds is 2. The summed E-state index contributed by atoms with van der Waals surface area (Å²) in [6.45, 7) is 4.89. The lowest BCUT2D eigenvalue weighted by Crippen LogP contribution is -2.22. The highest BCUT2D eigenvalue weighted by atomic mass is 14.4. The third-order valence-electron chi connectivity index (χ3n) is 6.04. The Hall–Kier alpha value is -1.56. The minimum Gasteiger partial charge on any atom is -0.0755 e. The SMILES string of the molecule is CC(C)(C1=CC2=C(CCCCC2)C1)C1C=Cc2ccccc21. The van der Waals surface area contributed by atoms with E-state index in [1.165, 1.54) is 49.7 Å². The molecule has 3 aliphatic rings. The molecule has 1 aromatic carbocycles. The van der Waals surface area contributed by atoms with Gasteiger partial charge in [0.2, 0.25) is 0 Å². The normalized spacial score (nSPS) is 24.1. The van der Waals surface area contributed by atoms with E-state index >= 15 is 0 Å². The minimum absolute atomic E-state index is 0.218. The molecule has 0 aromatic heterocycles. The first-order chi connectivity index (χ1) is 10.7. The molecule has 1 aromatic rings. The summed E-state index contributed by atoms with van der Waals surface area (Å²) in [6.07, 6.45) is 15.4. The van der Waals surface area contributed by atoms with Crippen molar-refractivity contribution in [2.24, 2.45) is 5.41 Å². The van der Waals surface area contributed by atoms with Gasteiger partial charge in [0.25, 0.3) is 0 Å². The van der Waals surface area contributed by atoms with Crippen molar-refractivity contribution >= 4 is 6.08 Å². The Bertz CT molecular complexity index is 682. The highest BCUT2D eigenvalue weighted by Gasteiger charge is 2.37. The van der Waals surface area contributed by atoms with Gasteiger partial charge in [-0.1, -0.05) is 73.9 Å². The van der Waals surface area contributed by atoms with Crippen molar-refractivity contribution in [2.75, 3.05) is 0 Å². The van der Waals surface area contributed by atoms with Crippen molar-refractivity contribution in [2.45, 2.75) is 58.3 Å². The predicted molar refractivity (Wildman–Crippen MR) is 94.8 cm³/mol. The molecule has 0 N–H and O–H groups in total. The standard InChI is InChI=1S/C22H26/c1-22(2,21-13-12-16-8-6-7-11-20(16)21)19-14-17-9-4-3-5-10-18(17)15-19/h6-8,11-14,21H,3-5,9-10,15H2,1-2H3. The number of hydrogen-bond donors (Lipinski definition) is 0. The van der Waals surface area contributed by atoms with Gasteiger partial charge in [-0.2, -0.15) is 0 Å². The number of hydrogen-bond acceptors (Lipinski definition) is 0. The van der Waals surface area contributed by atoms with Gasteiger partial charge in [-0.25, -0.2) is 0 Å². The van der Waals surface area contributed by atoms with Crippen molar-refractivity contribution in [1.82, 2.24) is 0 Å². The van der Waals surface area contributed by atoms with Crippen LogP contribution in [-0.4, -0.2) is 0 Å². The van der Waals surface area contributed by atoms with Crippen molar-refractivity contribution in [1.29, 1.82) is 0 Å². The van der Waals surface area contributed by atoms with Crippen LogP contribution < -0.4 is 0 Å². The fourth-order valence-electron chi connectivity index (χ4n) is 4.53. The average molecular weight is 290 g/mol. The molecule has 114 valence electrons. The monoisotopic (exact) mass is 290 g/mol. The molecular weight excluding hydrogens is 264 g/mol. The molecular formula is C22H26. The van der Waals surface area contributed by atoms with Crippen LogP contribution >= 0.6 is 0 Å². The van der Waals surface area contributed by atoms with Crippen LogP contribution in [0, 0.1) is 5.41 Å². The van der Waals surface area contributed by atoms with E-state index in [2.05, 4.69) is 56.3 Å². The smallest absolute Gasteiger partial charge is 0.0116 e. The van der Waals surface area contributed by atoms with E-state index in [-0.39, 0.29) is 5.41 Å². The molecule has 4 rings (SSSR count). The molecule has 22 heavy (non-hydrogen) atoms. The molecule has 0 saturated carbocycles. The molecule has 1 unspecified atom stereocenters. The Balaban J connectivity index is 1.63. The summed E-state index contributed by atoms with van der Waals surface area (Å²) in [5, 5.41) is 0. The van der Waals surface area contributed by atoms with Gasteiger partial charge >= 0.3 is 0 Å². The molecule has 0 fully saturated rings. The lowest BCUT2D eigenvalue weighted by atomic mass is 9.70. The van der Waals surface area contributed by atoms with Gasteiger partial charge in [0.1, 0.15) is 0 Å². The van der Waals surface area contributed by atoms with E-state index in [4.69, 9.17) is 0 Å². The van der Waals surface area contributed by atoms with Crippen LogP contribution in [0.2, 0.25) is 0 Å². The Labute approximate surface area is 134 Å². The Morgan fingerprint density at radius 1 is 1.00 bits per heavy atom. The highest BCUT2D eigenvalue weighted by molar-refractivity contribution is 5.64. The first-order valence-electron chi connectivity index (χ1n) is 8.85. The lowest BCUT2D eigenvalue weighted by molar-refractivity contribution is 0.393. The molecule has 0 heterocycles. The van der Waals surface area contributed by atoms with Crippen molar-refractivity contribution in [3.63, 3.8) is 0 Å². The van der Waals surface area contributed by atoms with Gasteiger partial charge in [0, 0.05) is 5.92 Å². The lowest BCUT2D eigenvalue weighted by Gasteiger charge is -2.34. The van der Waals surface area contributed by atoms with Gasteiger partial charge < -0.3 is 0 Å². The summed E-state index contributed by atoms with van der Waals surface area (Å²) in [4.78, 5) is 0. The Kier molecular flexibility index (Phi) is 3.36. The molecule has 0 radical (unpaired) electrons. The second kappa shape index (κ2) is 5.26. The summed E-state index contributed by atoms with van der Waals surface area (Å²) in [5.41, 5.74) is 8.22. The molecule has 0 saturated heterocycles. The number of benzene rings is 1. The quantitative estimate of drug-likeness (QED) is 0.590. The van der Waals surface area contributed by atoms with Crippen LogP contribution in [0.1, 0.15) is 69.4 Å². The Morgan fingerprint density at radius 3 is 2.73 bits per heavy atom. The van der Waals surface area contributed by atoms with Gasteiger partial charge in [0.15, 0.2) is 0 Å². The van der Waals surface area contributed by atoms with Gasteiger partial charge in [-0.15, -0.1) is 0 Å². The molecule has 3 aliphatic carbocycles. The molecule has 0 heteroatoms. The highest BCUT2D eigenvalue weighted by Crippen LogP contribution is 2.51. The second-order valence-corrected chi connectivity index (χ2v) is 7.72. The van der Waals surface area contributed by atoms with Gasteiger partial charge in [0.05, 0.1) is 0 Å². The summed E-state index contributed by atoms with van der Waals surface area (Å²) in [6, 6.07) is 8.90. The second-order valence-electron chi connectivity index (χ2n) is 7.72. The van der Waals surface area contributed by atoms with Crippen LogP contribution in [0.15, 0.2) is 53.1 Å². The third kappa shape index (κ3) is 2.20. The van der Waals surface area contributed by atoms with E-state index in [1.54, 1.807) is 16.7 Å². The van der Waals surface area contributed by atoms with Crippen LogP contribution in [0.3, 0.4) is 0 Å². The van der Waals surface area contributed by atoms with Crippen LogP contribution in [0.5, 0.6) is 0 Å². The van der Waals surface area contributed by atoms with Crippen LogP contribution in [-0.2, 0) is 0 Å². The summed E-state index contributed by atoms with van der Waals surface area (Å²) < 4.78 is 0. The van der Waals surface area contributed by atoms with E-state index in [1.807, 2.05) is 0 Å². The summed E-state index contributed by atoms with van der Waals surface area (Å²) in [7, 11) is 0. The summed E-state index contributed by atoms with van der Waals surface area (Å²) in [5.74, 6) is 0.526. The van der Waals surface area contributed by atoms with Crippen LogP contribution in [0.4, 0.5) is 0 Å². The van der Waals surface area contributed by atoms with E-state index in [0.29, 0.717) is 5.92 Å². The zero-order valence-corrected chi connectivity index (χ0v) is 13.9. The van der Waals surface area contributed by atoms with Crippen molar-refractivity contribution < 1.29 is 0 Å². The average Bonchev–Trinajstić information content (AvgIpc) is 3.07. The minimum atomic E-state index is 0.218. The molecule has 0 spiro atoms. The van der Waals surface area contributed by atoms with Crippen molar-refractivity contribution in [3.8, 4) is 0 Å². The zero-order valence-electron chi connectivity index (χ0n) is 13.9. The van der Waals surface area contributed by atoms with E-state index in [9.17, 15) is 0 Å². The molecule has 0 nitrogen and oxygen atoms in total. The van der Waals surface area contributed by atoms with Gasteiger partial charge in [-0.05, 0) is 54.2 Å². The fraction of sp³-hybridized carbons (Fsp3) is 0.455. The van der Waals surface area contributed by atoms with E-state index < -0.39 is 0 Å². The predicted octanol–water partition coefficient (Wildman–Crippen LogP) is 6.41. The van der Waals surface area contributed by atoms with Crippen molar-refractivity contribution in [3.05, 3.63) is 64.3 Å². The van der Waals surface area contributed by atoms with Gasteiger partial charge in [-0.3, -0.25) is 0 Å². The molecule has 0 amide bonds. The maximum Gasteiger partial charge on any atom is 0.0116 e. The molecule has 0 aliphatic heterocycles. The Morgan fingerprint density at radius 2 is 1.82 bits per heavy atom. The number of fused-ring (bicyclic) bond motifs is 1. The first-order valence-corrected chi connectivity index (χ1v) is 8.85. The molecule has 0 bridgehead atoms. The van der Waals surface area contributed by atoms with E-state index in [0.717, 1.165) is 0 Å². The third-order valence-corrected chi connectivity index (χ3v) is 6.04. The first kappa shape index (κ1) is 14.1. The maximum absolute atomic E-state index is 2.56. The van der Waals surface area contributed by atoms with Crippen LogP contribution in [0.25, 0.3) is 6.08 Å². The maximum atomic E-state index is 2.56. The fourth-order valence-corrected chi connectivity index (χ4v) is 4.53. The summed E-state index contributed by atoms with van der Waals surface area (Å²) >= 11 is 0. The topological polar surface area (TPSA) is 0 Å². The number of allylic oxidation sites excluding steroid dienone is 5.